The van der Waals surface area contributed by atoms with Crippen LogP contribution >= 0.6 is 24.0 Å². The molecule has 1 aliphatic carbocycles. The molecule has 1 saturated heterocycles. The van der Waals surface area contributed by atoms with E-state index < -0.39 is 0 Å². The Kier molecular flexibility index (Phi) is 9.15. The third-order valence-electron chi connectivity index (χ3n) is 5.90. The second-order valence-electron chi connectivity index (χ2n) is 8.09. The summed E-state index contributed by atoms with van der Waals surface area (Å²) in [5.41, 5.74) is 1.02. The van der Waals surface area contributed by atoms with Crippen molar-refractivity contribution in [2.75, 3.05) is 52.5 Å². The molecule has 0 spiro atoms. The topological polar surface area (TPSA) is 62.0 Å². The van der Waals surface area contributed by atoms with Gasteiger partial charge in [0.05, 0.1) is 26.0 Å². The van der Waals surface area contributed by atoms with E-state index >= 15 is 0 Å². The first-order valence-corrected chi connectivity index (χ1v) is 10.8. The minimum atomic E-state index is -0.178. The normalized spacial score (nSPS) is 18.3. The maximum atomic E-state index is 13.7. The monoisotopic (exact) mass is 542 g/mol. The summed E-state index contributed by atoms with van der Waals surface area (Å²) < 4.78 is 24.5. The molecular weight excluding hydrogens is 510 g/mol. The Morgan fingerprint density at radius 1 is 1.10 bits per heavy atom. The predicted molar refractivity (Wildman–Crippen MR) is 131 cm³/mol. The fraction of sp³-hybridized carbons (Fsp3) is 0.522. The Bertz CT molecular complexity index is 821. The zero-order valence-electron chi connectivity index (χ0n) is 17.8. The summed E-state index contributed by atoms with van der Waals surface area (Å²) in [6, 6.07) is 10.8. The molecule has 1 aromatic carbocycles. The Hall–Kier alpha value is -1.65. The van der Waals surface area contributed by atoms with Crippen LogP contribution in [0.1, 0.15) is 24.2 Å². The number of hydrogen-bond acceptors (Lipinski definition) is 4. The van der Waals surface area contributed by atoms with Crippen LogP contribution in [0.5, 0.6) is 0 Å². The van der Waals surface area contributed by atoms with Crippen molar-refractivity contribution < 1.29 is 13.5 Å². The first-order chi connectivity index (χ1) is 14.7. The molecule has 4 rings (SSSR count). The second kappa shape index (κ2) is 11.8. The lowest BCUT2D eigenvalue weighted by molar-refractivity contribution is 0.0389. The summed E-state index contributed by atoms with van der Waals surface area (Å²) >= 11 is 0. The first-order valence-electron chi connectivity index (χ1n) is 10.8. The molecule has 1 aliphatic heterocycles. The average molecular weight is 542 g/mol. The van der Waals surface area contributed by atoms with Crippen LogP contribution in [-0.2, 0) is 16.6 Å². The van der Waals surface area contributed by atoms with Gasteiger partial charge in [-0.15, -0.1) is 24.0 Å². The number of ether oxygens (including phenoxy) is 1. The molecule has 170 valence electrons. The maximum absolute atomic E-state index is 13.7. The number of hydrogen-bond donors (Lipinski definition) is 2. The minimum absolute atomic E-state index is 0. The van der Waals surface area contributed by atoms with E-state index in [-0.39, 0.29) is 35.2 Å². The fourth-order valence-corrected chi connectivity index (χ4v) is 3.83. The minimum Gasteiger partial charge on any atom is -0.469 e. The number of furan rings is 1. The molecular formula is C23H32FIN4O2. The molecule has 31 heavy (non-hydrogen) atoms. The van der Waals surface area contributed by atoms with Crippen molar-refractivity contribution in [3.8, 4) is 0 Å². The summed E-state index contributed by atoms with van der Waals surface area (Å²) in [6.45, 7) is 6.73. The highest BCUT2D eigenvalue weighted by molar-refractivity contribution is 14.0. The van der Waals surface area contributed by atoms with Crippen molar-refractivity contribution in [3.05, 3.63) is 59.8 Å². The van der Waals surface area contributed by atoms with Crippen LogP contribution in [-0.4, -0.2) is 63.3 Å². The molecule has 0 unspecified atom stereocenters. The van der Waals surface area contributed by atoms with E-state index in [0.717, 1.165) is 82.5 Å². The number of rotatable bonds is 9. The molecule has 6 nitrogen and oxygen atoms in total. The summed E-state index contributed by atoms with van der Waals surface area (Å²) in [4.78, 5) is 7.26. The lowest BCUT2D eigenvalue weighted by atomic mass is 9.96. The smallest absolute Gasteiger partial charge is 0.191 e. The van der Waals surface area contributed by atoms with E-state index in [9.17, 15) is 4.39 Å². The lowest BCUT2D eigenvalue weighted by Gasteiger charge is -2.26. The number of guanidine groups is 1. The molecule has 2 heterocycles. The van der Waals surface area contributed by atoms with Gasteiger partial charge in [0.1, 0.15) is 11.6 Å². The van der Waals surface area contributed by atoms with Crippen LogP contribution in [0, 0.1) is 5.82 Å². The largest absolute Gasteiger partial charge is 0.469 e. The van der Waals surface area contributed by atoms with E-state index in [2.05, 4.69) is 15.5 Å². The lowest BCUT2D eigenvalue weighted by Crippen LogP contribution is -2.45. The van der Waals surface area contributed by atoms with Gasteiger partial charge in [-0.3, -0.25) is 9.89 Å². The Morgan fingerprint density at radius 2 is 1.90 bits per heavy atom. The second-order valence-corrected chi connectivity index (χ2v) is 8.09. The number of nitrogens with zero attached hydrogens (tertiary/aromatic N) is 2. The Labute approximate surface area is 200 Å². The van der Waals surface area contributed by atoms with Crippen molar-refractivity contribution >= 4 is 29.9 Å². The van der Waals surface area contributed by atoms with Crippen molar-refractivity contribution in [2.24, 2.45) is 4.99 Å². The summed E-state index contributed by atoms with van der Waals surface area (Å²) in [5, 5.41) is 6.88. The van der Waals surface area contributed by atoms with E-state index in [0.29, 0.717) is 6.54 Å². The van der Waals surface area contributed by atoms with Gasteiger partial charge in [-0.25, -0.2) is 4.39 Å². The zero-order chi connectivity index (χ0) is 20.7. The third-order valence-corrected chi connectivity index (χ3v) is 5.90. The van der Waals surface area contributed by atoms with Crippen molar-refractivity contribution in [1.29, 1.82) is 0 Å². The van der Waals surface area contributed by atoms with E-state index in [1.807, 2.05) is 18.2 Å². The summed E-state index contributed by atoms with van der Waals surface area (Å²) in [5.74, 6) is 1.58. The van der Waals surface area contributed by atoms with Crippen LogP contribution < -0.4 is 10.6 Å². The molecule has 1 aromatic heterocycles. The van der Waals surface area contributed by atoms with Gasteiger partial charge >= 0.3 is 0 Å². The maximum Gasteiger partial charge on any atom is 0.191 e. The van der Waals surface area contributed by atoms with Crippen LogP contribution in [0.15, 0.2) is 52.1 Å². The quantitative estimate of drug-likeness (QED) is 0.290. The number of benzene rings is 1. The molecule has 2 aromatic rings. The fourth-order valence-electron chi connectivity index (χ4n) is 3.83. The van der Waals surface area contributed by atoms with Gasteiger partial charge in [-0.1, -0.05) is 12.1 Å². The summed E-state index contributed by atoms with van der Waals surface area (Å²) in [7, 11) is 0. The zero-order valence-corrected chi connectivity index (χ0v) is 20.1. The SMILES string of the molecule is Fc1cccc(C2(CN=C(NCCc3ccco3)NCCN3CCOCC3)CC2)c1.I. The van der Waals surface area contributed by atoms with Crippen molar-refractivity contribution in [2.45, 2.75) is 24.7 Å². The van der Waals surface area contributed by atoms with E-state index in [1.54, 1.807) is 18.4 Å². The van der Waals surface area contributed by atoms with E-state index in [4.69, 9.17) is 14.1 Å². The Morgan fingerprint density at radius 3 is 2.61 bits per heavy atom. The highest BCUT2D eigenvalue weighted by Gasteiger charge is 2.44. The standard InChI is InChI=1S/C23H31FN4O2.HI/c24-20-4-1-3-19(17-20)23(7-8-23)18-27-22(25-9-6-21-5-2-14-30-21)26-10-11-28-12-15-29-16-13-28;/h1-5,14,17H,6-13,15-16,18H2,(H2,25,26,27);1H. The molecule has 2 aliphatic rings. The van der Waals surface area contributed by atoms with Gasteiger partial charge < -0.3 is 19.8 Å². The molecule has 8 heteroatoms. The summed E-state index contributed by atoms with van der Waals surface area (Å²) in [6.07, 6.45) is 4.59. The van der Waals surface area contributed by atoms with Gasteiger partial charge in [-0.05, 0) is 42.7 Å². The predicted octanol–water partition coefficient (Wildman–Crippen LogP) is 3.18. The van der Waals surface area contributed by atoms with E-state index in [1.165, 1.54) is 6.07 Å². The van der Waals surface area contributed by atoms with Gasteiger partial charge in [0.2, 0.25) is 0 Å². The first kappa shape index (κ1) is 24.0. The van der Waals surface area contributed by atoms with Gasteiger partial charge in [0.15, 0.2) is 5.96 Å². The van der Waals surface area contributed by atoms with Gasteiger partial charge in [0, 0.05) is 44.6 Å². The molecule has 2 N–H and O–H groups in total. The van der Waals surface area contributed by atoms with Crippen molar-refractivity contribution in [1.82, 2.24) is 15.5 Å². The van der Waals surface area contributed by atoms with Gasteiger partial charge in [-0.2, -0.15) is 0 Å². The number of morpholine rings is 1. The molecule has 0 bridgehead atoms. The Balaban J connectivity index is 0.00000272. The highest BCUT2D eigenvalue weighted by atomic mass is 127. The van der Waals surface area contributed by atoms with Crippen LogP contribution in [0.3, 0.4) is 0 Å². The number of aliphatic imine (C=N–C) groups is 1. The van der Waals surface area contributed by atoms with Crippen LogP contribution in [0.2, 0.25) is 0 Å². The molecule has 1 saturated carbocycles. The van der Waals surface area contributed by atoms with Crippen LogP contribution in [0.25, 0.3) is 0 Å². The molecule has 0 radical (unpaired) electrons. The average Bonchev–Trinajstić information content (AvgIpc) is 3.39. The number of halogens is 2. The molecule has 0 amide bonds. The van der Waals surface area contributed by atoms with Crippen LogP contribution in [0.4, 0.5) is 4.39 Å². The van der Waals surface area contributed by atoms with Crippen molar-refractivity contribution in [3.63, 3.8) is 0 Å². The third kappa shape index (κ3) is 7.18. The molecule has 0 atom stereocenters. The number of nitrogens with one attached hydrogen (secondary N) is 2. The van der Waals surface area contributed by atoms with Gasteiger partial charge in [0.25, 0.3) is 0 Å². The molecule has 2 fully saturated rings. The highest BCUT2D eigenvalue weighted by Crippen LogP contribution is 2.48.